The fourth-order valence-corrected chi connectivity index (χ4v) is 6.18. The number of nitrogens with zero attached hydrogens (tertiary/aromatic N) is 3. The third-order valence-corrected chi connectivity index (χ3v) is 8.32. The monoisotopic (exact) mass is 612 g/mol. The van der Waals surface area contributed by atoms with Gasteiger partial charge in [0.1, 0.15) is 5.75 Å². The molecule has 3 atom stereocenters. The predicted octanol–water partition coefficient (Wildman–Crippen LogP) is 2.33. The van der Waals surface area contributed by atoms with Crippen molar-refractivity contribution in [1.29, 1.82) is 0 Å². The molecular formula is C26H34Cl2N6O5S. The molecule has 2 aromatic rings. The number of carbonyl (C=O) groups excluding carboxylic acids is 4. The van der Waals surface area contributed by atoms with Crippen LogP contribution in [0.15, 0.2) is 18.2 Å². The number of hydrogen-bond donors (Lipinski definition) is 3. The Bertz CT molecular complexity index is 1270. The quantitative estimate of drug-likeness (QED) is 0.426. The van der Waals surface area contributed by atoms with Crippen LogP contribution in [0.3, 0.4) is 0 Å². The molecular weight excluding hydrogens is 579 g/mol. The zero-order valence-electron chi connectivity index (χ0n) is 22.8. The lowest BCUT2D eigenvalue weighted by Crippen LogP contribution is -2.57. The molecule has 1 saturated carbocycles. The first-order chi connectivity index (χ1) is 18.5. The smallest absolute Gasteiger partial charge is 0.313 e. The highest BCUT2D eigenvalue weighted by atomic mass is 35.5. The van der Waals surface area contributed by atoms with Gasteiger partial charge in [0.15, 0.2) is 5.01 Å². The molecule has 40 heavy (non-hydrogen) atoms. The van der Waals surface area contributed by atoms with Crippen LogP contribution in [0.4, 0.5) is 5.69 Å². The summed E-state index contributed by atoms with van der Waals surface area (Å²) in [6, 6.07) is 3.52. The highest BCUT2D eigenvalue weighted by Crippen LogP contribution is 2.29. The number of amides is 4. The predicted molar refractivity (Wildman–Crippen MR) is 155 cm³/mol. The van der Waals surface area contributed by atoms with Crippen molar-refractivity contribution in [1.82, 2.24) is 25.4 Å². The summed E-state index contributed by atoms with van der Waals surface area (Å²) >= 11 is 7.34. The van der Waals surface area contributed by atoms with Gasteiger partial charge < -0.3 is 30.5 Å². The number of carbonyl (C=O) groups is 4. The molecule has 1 aliphatic heterocycles. The summed E-state index contributed by atoms with van der Waals surface area (Å²) in [6.45, 7) is 1.63. The number of fused-ring (bicyclic) bond motifs is 1. The van der Waals surface area contributed by atoms with Gasteiger partial charge >= 0.3 is 11.8 Å². The fourth-order valence-electron chi connectivity index (χ4n) is 4.92. The Morgan fingerprint density at radius 1 is 1.12 bits per heavy atom. The lowest BCUT2D eigenvalue weighted by Gasteiger charge is -2.37. The largest absolute Gasteiger partial charge is 0.495 e. The molecule has 0 bridgehead atoms. The van der Waals surface area contributed by atoms with Crippen LogP contribution in [0.25, 0.3) is 0 Å². The number of halogens is 2. The van der Waals surface area contributed by atoms with Crippen molar-refractivity contribution < 1.29 is 23.9 Å². The molecule has 1 aromatic carbocycles. The van der Waals surface area contributed by atoms with Crippen LogP contribution < -0.4 is 20.7 Å². The third-order valence-electron chi connectivity index (χ3n) is 7.01. The number of benzene rings is 1. The Kier molecular flexibility index (Phi) is 10.8. The van der Waals surface area contributed by atoms with E-state index in [4.69, 9.17) is 16.3 Å². The number of methoxy groups -OCH3 is 1. The van der Waals surface area contributed by atoms with E-state index in [0.29, 0.717) is 40.7 Å². The van der Waals surface area contributed by atoms with E-state index in [1.165, 1.54) is 29.4 Å². The molecule has 1 aromatic heterocycles. The van der Waals surface area contributed by atoms with Gasteiger partial charge in [-0.1, -0.05) is 11.6 Å². The number of rotatable bonds is 6. The second-order valence-corrected chi connectivity index (χ2v) is 11.6. The maximum atomic E-state index is 13.2. The van der Waals surface area contributed by atoms with Crippen molar-refractivity contribution in [2.45, 2.75) is 44.3 Å². The first-order valence-electron chi connectivity index (χ1n) is 12.7. The standard InChI is InChI=1S/C26H33ClN6O5S.ClH/c1-32(2)26(37)14-5-7-16(28-22(34)23(35)29-17-8-6-15(27)12-20(17)38-4)19(11-14)30-24(36)25-31-18-9-10-33(3)13-21(18)39-25;/h6,8,12,14,16,19H,5,7,9-11,13H2,1-4H3,(H,28,34)(H,29,35)(H,30,36);1H/t14-,16-,19+;/m0./s1. The SMILES string of the molecule is COc1cc(Cl)ccc1NC(=O)C(=O)N[C@H]1CC[C@H](C(=O)N(C)C)C[C@H]1NC(=O)c1nc2c(s1)CN(C)CC2.Cl. The molecule has 14 heteroatoms. The summed E-state index contributed by atoms with van der Waals surface area (Å²) in [7, 11) is 6.84. The number of nitrogens with one attached hydrogen (secondary N) is 3. The average molecular weight is 614 g/mol. The van der Waals surface area contributed by atoms with Crippen molar-refractivity contribution in [3.05, 3.63) is 38.8 Å². The molecule has 11 nitrogen and oxygen atoms in total. The Hall–Kier alpha value is -2.93. The van der Waals surface area contributed by atoms with Gasteiger partial charge in [-0.2, -0.15) is 0 Å². The molecule has 0 spiro atoms. The fraction of sp³-hybridized carbons (Fsp3) is 0.500. The minimum atomic E-state index is -0.885. The maximum absolute atomic E-state index is 13.2. The molecule has 0 radical (unpaired) electrons. The molecule has 4 rings (SSSR count). The van der Waals surface area contributed by atoms with Crippen LogP contribution in [0, 0.1) is 5.92 Å². The Morgan fingerprint density at radius 3 is 2.58 bits per heavy atom. The second kappa shape index (κ2) is 13.6. The Morgan fingerprint density at radius 2 is 1.88 bits per heavy atom. The molecule has 3 N–H and O–H groups in total. The van der Waals surface area contributed by atoms with Crippen LogP contribution in [-0.2, 0) is 27.3 Å². The molecule has 2 heterocycles. The molecule has 2 aliphatic rings. The minimum absolute atomic E-state index is 0. The maximum Gasteiger partial charge on any atom is 0.313 e. The summed E-state index contributed by atoms with van der Waals surface area (Å²) in [6.07, 6.45) is 2.04. The number of likely N-dealkylation sites (N-methyl/N-ethyl adjacent to an activating group) is 1. The summed E-state index contributed by atoms with van der Waals surface area (Å²) in [5.41, 5.74) is 1.23. The summed E-state index contributed by atoms with van der Waals surface area (Å²) in [4.78, 5) is 60.9. The molecule has 1 aliphatic carbocycles. The second-order valence-electron chi connectivity index (χ2n) is 10.1. The van der Waals surface area contributed by atoms with Crippen LogP contribution >= 0.6 is 35.3 Å². The zero-order chi connectivity index (χ0) is 28.3. The van der Waals surface area contributed by atoms with Gasteiger partial charge in [0, 0.05) is 61.5 Å². The van der Waals surface area contributed by atoms with Crippen molar-refractivity contribution in [3.63, 3.8) is 0 Å². The van der Waals surface area contributed by atoms with E-state index in [2.05, 4.69) is 25.8 Å². The lowest BCUT2D eigenvalue weighted by atomic mass is 9.81. The van der Waals surface area contributed by atoms with Crippen molar-refractivity contribution in [2.75, 3.05) is 40.1 Å². The van der Waals surface area contributed by atoms with Gasteiger partial charge in [-0.05, 0) is 38.4 Å². The summed E-state index contributed by atoms with van der Waals surface area (Å²) in [5.74, 6) is -2.14. The average Bonchev–Trinajstić information content (AvgIpc) is 3.33. The van der Waals surface area contributed by atoms with Crippen molar-refractivity contribution in [3.8, 4) is 5.75 Å². The number of aromatic nitrogens is 1. The van der Waals surface area contributed by atoms with Crippen LogP contribution in [0.1, 0.15) is 39.6 Å². The lowest BCUT2D eigenvalue weighted by molar-refractivity contribution is -0.137. The van der Waals surface area contributed by atoms with E-state index in [1.54, 1.807) is 26.2 Å². The van der Waals surface area contributed by atoms with Crippen LogP contribution in [0.5, 0.6) is 5.75 Å². The van der Waals surface area contributed by atoms with Gasteiger partial charge in [0.05, 0.1) is 24.5 Å². The highest BCUT2D eigenvalue weighted by molar-refractivity contribution is 7.13. The van der Waals surface area contributed by atoms with Crippen molar-refractivity contribution in [2.24, 2.45) is 5.92 Å². The molecule has 4 amide bonds. The van der Waals surface area contributed by atoms with Crippen molar-refractivity contribution >= 4 is 64.7 Å². The Balaban J connectivity index is 0.00000441. The number of thiazole rings is 1. The topological polar surface area (TPSA) is 133 Å². The van der Waals surface area contributed by atoms with E-state index < -0.39 is 23.9 Å². The normalized spacial score (nSPS) is 20.4. The summed E-state index contributed by atoms with van der Waals surface area (Å²) < 4.78 is 5.23. The first kappa shape index (κ1) is 31.6. The van der Waals surface area contributed by atoms with Gasteiger partial charge in [-0.25, -0.2) is 4.98 Å². The number of ether oxygens (including phenoxy) is 1. The highest BCUT2D eigenvalue weighted by Gasteiger charge is 2.37. The van der Waals surface area contributed by atoms with Crippen LogP contribution in [0.2, 0.25) is 5.02 Å². The van der Waals surface area contributed by atoms with E-state index in [-0.39, 0.29) is 30.1 Å². The molecule has 0 unspecified atom stereocenters. The third kappa shape index (κ3) is 7.42. The van der Waals surface area contributed by atoms with E-state index in [1.807, 2.05) is 7.05 Å². The Labute approximate surface area is 248 Å². The molecule has 1 fully saturated rings. The summed E-state index contributed by atoms with van der Waals surface area (Å²) in [5, 5.41) is 9.06. The van der Waals surface area contributed by atoms with Gasteiger partial charge in [-0.3, -0.25) is 19.2 Å². The number of hydrogen-bond acceptors (Lipinski definition) is 8. The molecule has 0 saturated heterocycles. The zero-order valence-corrected chi connectivity index (χ0v) is 25.2. The number of anilines is 1. The van der Waals surface area contributed by atoms with E-state index in [9.17, 15) is 19.2 Å². The van der Waals surface area contributed by atoms with Gasteiger partial charge in [0.25, 0.3) is 5.91 Å². The first-order valence-corrected chi connectivity index (χ1v) is 13.9. The van der Waals surface area contributed by atoms with E-state index in [0.717, 1.165) is 30.1 Å². The van der Waals surface area contributed by atoms with Gasteiger partial charge in [-0.15, -0.1) is 23.7 Å². The minimum Gasteiger partial charge on any atom is -0.495 e. The van der Waals surface area contributed by atoms with Crippen LogP contribution in [-0.4, -0.2) is 85.3 Å². The van der Waals surface area contributed by atoms with Gasteiger partial charge in [0.2, 0.25) is 5.91 Å². The van der Waals surface area contributed by atoms with E-state index >= 15 is 0 Å². The molecule has 218 valence electrons.